The fourth-order valence-electron chi connectivity index (χ4n) is 1.76. The molecule has 0 heterocycles. The van der Waals surface area contributed by atoms with Crippen molar-refractivity contribution in [1.29, 1.82) is 0 Å². The Morgan fingerprint density at radius 3 is 2.48 bits per heavy atom. The van der Waals surface area contributed by atoms with Crippen LogP contribution in [0.4, 0.5) is 5.69 Å². The van der Waals surface area contributed by atoms with E-state index in [0.717, 1.165) is 11.3 Å². The van der Waals surface area contributed by atoms with Gasteiger partial charge in [-0.05, 0) is 42.9 Å². The van der Waals surface area contributed by atoms with E-state index >= 15 is 0 Å². The number of nitrogens with one attached hydrogen (secondary N) is 1. The van der Waals surface area contributed by atoms with E-state index in [1.807, 2.05) is 6.92 Å². The summed E-state index contributed by atoms with van der Waals surface area (Å²) in [4.78, 5) is 24.4. The number of rotatable bonds is 6. The van der Waals surface area contributed by atoms with Gasteiger partial charge in [-0.2, -0.15) is 0 Å². The maximum Gasteiger partial charge on any atom is 0.325 e. The average molecular weight is 359 g/mol. The molecule has 0 amide bonds. The van der Waals surface area contributed by atoms with Crippen LogP contribution in [-0.2, 0) is 19.1 Å². The Morgan fingerprint density at radius 2 is 1.91 bits per heavy atom. The number of carbonyl (C=O) groups excluding carboxylic acids is 2. The van der Waals surface area contributed by atoms with Gasteiger partial charge in [0.2, 0.25) is 0 Å². The molecule has 0 bridgehead atoms. The van der Waals surface area contributed by atoms with E-state index in [-0.39, 0.29) is 25.5 Å². The zero-order valence-corrected chi connectivity index (χ0v) is 14.8. The van der Waals surface area contributed by atoms with Crippen LogP contribution < -0.4 is 5.32 Å². The average Bonchev–Trinajstić information content (AvgIpc) is 2.53. The summed E-state index contributed by atoms with van der Waals surface area (Å²) < 4.78 is 9.25. The largest absolute Gasteiger partial charge is 0.469 e. The van der Waals surface area contributed by atoms with Crippen molar-refractivity contribution in [2.45, 2.75) is 13.3 Å². The minimum Gasteiger partial charge on any atom is -0.469 e. The molecule has 1 aromatic carbocycles. The number of hydrogen-bond acceptors (Lipinski definition) is 5. The van der Waals surface area contributed by atoms with Crippen LogP contribution in [0.15, 0.2) is 18.2 Å². The van der Waals surface area contributed by atoms with E-state index < -0.39 is 5.97 Å². The topological polar surface area (TPSA) is 67.9 Å². The highest BCUT2D eigenvalue weighted by Crippen LogP contribution is 2.20. The summed E-state index contributed by atoms with van der Waals surface area (Å²) in [5.41, 5.74) is 1.68. The number of halogens is 1. The van der Waals surface area contributed by atoms with E-state index in [4.69, 9.17) is 23.8 Å². The second kappa shape index (κ2) is 9.32. The Balaban J connectivity index is 2.80. The second-order valence-electron chi connectivity index (χ2n) is 4.71. The van der Waals surface area contributed by atoms with E-state index in [1.54, 1.807) is 23.1 Å². The summed E-state index contributed by atoms with van der Waals surface area (Å²) in [6.07, 6.45) is 0.106. The lowest BCUT2D eigenvalue weighted by Gasteiger charge is -2.24. The lowest BCUT2D eigenvalue weighted by Crippen LogP contribution is -2.40. The van der Waals surface area contributed by atoms with Crippen molar-refractivity contribution in [2.24, 2.45) is 0 Å². The molecule has 0 saturated carbocycles. The monoisotopic (exact) mass is 358 g/mol. The molecule has 0 aliphatic carbocycles. The Bertz CT molecular complexity index is 595. The molecule has 0 spiro atoms. The molecular weight excluding hydrogens is 340 g/mol. The smallest absolute Gasteiger partial charge is 0.325 e. The SMILES string of the molecule is COC(=O)CCN(CC(=O)OC)C(=S)Nc1ccc(Cl)cc1C. The number of nitrogens with zero attached hydrogens (tertiary/aromatic N) is 1. The third-order valence-electron chi connectivity index (χ3n) is 3.08. The molecular formula is C15H19ClN2O4S. The molecule has 0 aromatic heterocycles. The first-order valence-corrected chi connectivity index (χ1v) is 7.61. The van der Waals surface area contributed by atoms with Crippen molar-refractivity contribution in [2.75, 3.05) is 32.6 Å². The fraction of sp³-hybridized carbons (Fsp3) is 0.400. The van der Waals surface area contributed by atoms with Gasteiger partial charge in [0.25, 0.3) is 0 Å². The standard InChI is InChI=1S/C15H19ClN2O4S/c1-10-8-11(16)4-5-12(10)17-15(23)18(9-14(20)22-3)7-6-13(19)21-2/h4-5,8H,6-7,9H2,1-3H3,(H,17,23). The van der Waals surface area contributed by atoms with Crippen molar-refractivity contribution in [3.05, 3.63) is 28.8 Å². The summed E-state index contributed by atoms with van der Waals surface area (Å²) in [5, 5.41) is 3.98. The van der Waals surface area contributed by atoms with E-state index in [1.165, 1.54) is 14.2 Å². The van der Waals surface area contributed by atoms with Crippen LogP contribution in [0.1, 0.15) is 12.0 Å². The number of esters is 2. The van der Waals surface area contributed by atoms with Gasteiger partial charge in [-0.3, -0.25) is 9.59 Å². The van der Waals surface area contributed by atoms with Crippen molar-refractivity contribution in [1.82, 2.24) is 4.90 Å². The molecule has 0 aliphatic heterocycles. The normalized spacial score (nSPS) is 9.91. The Morgan fingerprint density at radius 1 is 1.26 bits per heavy atom. The number of anilines is 1. The lowest BCUT2D eigenvalue weighted by molar-refractivity contribution is -0.143. The van der Waals surface area contributed by atoms with E-state index in [9.17, 15) is 9.59 Å². The molecule has 8 heteroatoms. The maximum absolute atomic E-state index is 11.5. The number of benzene rings is 1. The number of hydrogen-bond donors (Lipinski definition) is 1. The Hall–Kier alpha value is -1.86. The van der Waals surface area contributed by atoms with E-state index in [2.05, 4.69) is 14.8 Å². The van der Waals surface area contributed by atoms with Gasteiger partial charge >= 0.3 is 11.9 Å². The summed E-state index contributed by atoms with van der Waals surface area (Å²) in [7, 11) is 2.60. The predicted molar refractivity (Wildman–Crippen MR) is 92.6 cm³/mol. The molecule has 126 valence electrons. The minimum absolute atomic E-state index is 0.0635. The van der Waals surface area contributed by atoms with Crippen LogP contribution in [0.5, 0.6) is 0 Å². The Labute approximate surface area is 145 Å². The number of thiocarbonyl (C=S) groups is 1. The molecule has 0 radical (unpaired) electrons. The molecule has 0 fully saturated rings. The zero-order chi connectivity index (χ0) is 17.4. The molecule has 0 saturated heterocycles. The molecule has 1 rings (SSSR count). The van der Waals surface area contributed by atoms with Crippen molar-refractivity contribution in [3.8, 4) is 0 Å². The molecule has 0 unspecified atom stereocenters. The first-order chi connectivity index (χ1) is 10.9. The van der Waals surface area contributed by atoms with E-state index in [0.29, 0.717) is 10.1 Å². The molecule has 6 nitrogen and oxygen atoms in total. The van der Waals surface area contributed by atoms with Gasteiger partial charge in [-0.25, -0.2) is 0 Å². The number of aryl methyl sites for hydroxylation is 1. The van der Waals surface area contributed by atoms with Gasteiger partial charge in [0.1, 0.15) is 6.54 Å². The molecule has 1 N–H and O–H groups in total. The second-order valence-corrected chi connectivity index (χ2v) is 5.54. The van der Waals surface area contributed by atoms with Gasteiger partial charge in [0, 0.05) is 17.3 Å². The summed E-state index contributed by atoms with van der Waals surface area (Å²) >= 11 is 11.2. The zero-order valence-electron chi connectivity index (χ0n) is 13.2. The highest BCUT2D eigenvalue weighted by Gasteiger charge is 2.17. The molecule has 0 atom stereocenters. The van der Waals surface area contributed by atoms with Gasteiger partial charge < -0.3 is 19.7 Å². The van der Waals surface area contributed by atoms with Crippen LogP contribution in [0.2, 0.25) is 5.02 Å². The number of methoxy groups -OCH3 is 2. The highest BCUT2D eigenvalue weighted by molar-refractivity contribution is 7.80. The molecule has 23 heavy (non-hydrogen) atoms. The minimum atomic E-state index is -0.452. The first kappa shape index (κ1) is 19.2. The van der Waals surface area contributed by atoms with Gasteiger partial charge in [-0.1, -0.05) is 11.6 Å². The molecule has 1 aromatic rings. The van der Waals surface area contributed by atoms with Crippen LogP contribution >= 0.6 is 23.8 Å². The molecule has 0 aliphatic rings. The summed E-state index contributed by atoms with van der Waals surface area (Å²) in [6, 6.07) is 5.32. The first-order valence-electron chi connectivity index (χ1n) is 6.83. The highest BCUT2D eigenvalue weighted by atomic mass is 35.5. The van der Waals surface area contributed by atoms with Crippen molar-refractivity contribution < 1.29 is 19.1 Å². The summed E-state index contributed by atoms with van der Waals surface area (Å²) in [6.45, 7) is 2.06. The fourth-order valence-corrected chi connectivity index (χ4v) is 2.26. The number of carbonyl (C=O) groups is 2. The predicted octanol–water partition coefficient (Wildman–Crippen LogP) is 2.38. The third kappa shape index (κ3) is 6.42. The van der Waals surface area contributed by atoms with Crippen LogP contribution in [0, 0.1) is 6.92 Å². The summed E-state index contributed by atoms with van der Waals surface area (Å²) in [5.74, 6) is -0.836. The third-order valence-corrected chi connectivity index (χ3v) is 3.67. The van der Waals surface area contributed by atoms with Gasteiger partial charge in [0.05, 0.1) is 20.6 Å². The van der Waals surface area contributed by atoms with Crippen LogP contribution in [0.25, 0.3) is 0 Å². The quantitative estimate of drug-likeness (QED) is 0.618. The number of ether oxygens (including phenoxy) is 2. The van der Waals surface area contributed by atoms with Crippen molar-refractivity contribution >= 4 is 46.6 Å². The van der Waals surface area contributed by atoms with Crippen molar-refractivity contribution in [3.63, 3.8) is 0 Å². The Kier molecular flexibility index (Phi) is 7.77. The van der Waals surface area contributed by atoms with Gasteiger partial charge in [-0.15, -0.1) is 0 Å². The maximum atomic E-state index is 11.5. The van der Waals surface area contributed by atoms with Crippen LogP contribution in [0.3, 0.4) is 0 Å². The van der Waals surface area contributed by atoms with Gasteiger partial charge in [0.15, 0.2) is 5.11 Å². The lowest BCUT2D eigenvalue weighted by atomic mass is 10.2. The van der Waals surface area contributed by atoms with Crippen LogP contribution in [-0.4, -0.2) is 49.3 Å².